The summed E-state index contributed by atoms with van der Waals surface area (Å²) >= 11 is 0. The highest BCUT2D eigenvalue weighted by molar-refractivity contribution is 6.27. The van der Waals surface area contributed by atoms with Gasteiger partial charge in [-0.15, -0.1) is 0 Å². The van der Waals surface area contributed by atoms with E-state index in [1.165, 1.54) is 70.4 Å². The summed E-state index contributed by atoms with van der Waals surface area (Å²) in [5, 5.41) is 27.6. The van der Waals surface area contributed by atoms with E-state index in [9.17, 15) is 0 Å². The minimum absolute atomic E-state index is 0.592. The molecule has 0 fully saturated rings. The van der Waals surface area contributed by atoms with Gasteiger partial charge in [-0.2, -0.15) is 10.2 Å². The van der Waals surface area contributed by atoms with Gasteiger partial charge < -0.3 is 4.40 Å². The lowest BCUT2D eigenvalue weighted by Crippen LogP contribution is -2.00. The van der Waals surface area contributed by atoms with Crippen molar-refractivity contribution in [3.05, 3.63) is 419 Å². The molecule has 0 amide bonds. The number of rotatable bonds is 12. The van der Waals surface area contributed by atoms with Crippen LogP contribution in [0.25, 0.3) is 239 Å². The number of fused-ring (bicyclic) bond motifs is 18. The summed E-state index contributed by atoms with van der Waals surface area (Å²) in [7, 11) is 0. The van der Waals surface area contributed by atoms with Crippen LogP contribution in [-0.2, 0) is 0 Å². The highest BCUT2D eigenvalue weighted by Crippen LogP contribution is 2.47. The van der Waals surface area contributed by atoms with Crippen LogP contribution >= 0.6 is 0 Å². The Morgan fingerprint density at radius 2 is 0.447 bits per heavy atom. The van der Waals surface area contributed by atoms with Gasteiger partial charge in [0.1, 0.15) is 11.4 Å². The average molecular weight is 1570 g/mol. The van der Waals surface area contributed by atoms with Crippen LogP contribution in [0.2, 0.25) is 0 Å². The van der Waals surface area contributed by atoms with Crippen molar-refractivity contribution in [2.45, 2.75) is 0 Å². The van der Waals surface area contributed by atoms with E-state index in [1.807, 2.05) is 36.4 Å². The molecule has 0 radical (unpaired) electrons. The van der Waals surface area contributed by atoms with E-state index in [1.54, 1.807) is 0 Å². The van der Waals surface area contributed by atoms with Crippen LogP contribution in [0.5, 0.6) is 0 Å². The Balaban J connectivity index is 0.000000139. The van der Waals surface area contributed by atoms with Gasteiger partial charge in [-0.05, 0) is 109 Å². The lowest BCUT2D eigenvalue weighted by Gasteiger charge is -2.13. The molecule has 123 heavy (non-hydrogen) atoms. The molecule has 0 aliphatic carbocycles. The van der Waals surface area contributed by atoms with Gasteiger partial charge in [0, 0.05) is 99.1 Å². The molecule has 0 aliphatic rings. The van der Waals surface area contributed by atoms with Crippen LogP contribution in [0.1, 0.15) is 0 Å². The van der Waals surface area contributed by atoms with Crippen LogP contribution in [-0.4, -0.2) is 53.5 Å². The summed E-state index contributed by atoms with van der Waals surface area (Å²) in [5.74, 6) is 3.66. The Hall–Kier alpha value is -16.8. The normalized spacial score (nSPS) is 11.7. The molecule has 25 rings (SSSR count). The third kappa shape index (κ3) is 12.0. The lowest BCUT2D eigenvalue weighted by molar-refractivity contribution is 0.979. The quantitative estimate of drug-likeness (QED) is 0.111. The van der Waals surface area contributed by atoms with Gasteiger partial charge in [-0.25, -0.2) is 38.9 Å². The summed E-state index contributed by atoms with van der Waals surface area (Å²) in [6.45, 7) is 0. The molecular weight excluding hydrogens is 1500 g/mol. The fraction of sp³-hybridized carbons (Fsp3) is 0. The first-order valence-corrected chi connectivity index (χ1v) is 41.5. The Bertz CT molecular complexity index is 8360. The van der Waals surface area contributed by atoms with Crippen LogP contribution in [0, 0.1) is 0 Å². The van der Waals surface area contributed by atoms with Crippen molar-refractivity contribution in [3.63, 3.8) is 0 Å². The molecule has 0 saturated heterocycles. The largest absolute Gasteiger partial charge is 0.308 e. The van der Waals surface area contributed by atoms with Crippen molar-refractivity contribution in [3.8, 4) is 136 Å². The molecule has 0 saturated carbocycles. The van der Waals surface area contributed by atoms with E-state index >= 15 is 0 Å². The van der Waals surface area contributed by atoms with E-state index in [0.717, 1.165) is 133 Å². The number of hydrogen-bond acceptors (Lipinski definition) is 8. The van der Waals surface area contributed by atoms with Gasteiger partial charge in [0.25, 0.3) is 0 Å². The Morgan fingerprint density at radius 1 is 0.163 bits per heavy atom. The standard InChI is InChI=1S/C56H34N6.C56H35N5/c1-4-17-35(18-5-1)49-34-38-23-10-11-26-42(38)53-50(36-19-6-2-7-20-36)51(60-62(49)53)39-24-16-25-40(31-39)55-57-54(37-21-8-3-9-22-37)58-56(59-55)41-32-45-43-27-12-14-29-47(43)61-48-30-15-13-28-44(48)46(33-41)52(45)61;1-4-17-36(18-5-1)50-35-39-23-10-11-26-43(39)53-51(37-19-6-2-7-20-37)52(60-61(50)53)40-24-16-25-41(33-40)55-57-54(38-21-8-3-9-22-38)58-56(59-55)42-31-32-48-46-29-13-12-27-44(46)45-28-14-15-30-47(45)49(48)34-42/h1-34H;1-35H. The molecule has 11 heteroatoms. The Morgan fingerprint density at radius 3 is 0.854 bits per heavy atom. The van der Waals surface area contributed by atoms with Gasteiger partial charge in [0.15, 0.2) is 34.9 Å². The van der Waals surface area contributed by atoms with Gasteiger partial charge in [0.2, 0.25) is 0 Å². The molecule has 17 aromatic carbocycles. The second-order valence-corrected chi connectivity index (χ2v) is 31.3. The van der Waals surface area contributed by atoms with E-state index in [4.69, 9.17) is 40.1 Å². The smallest absolute Gasteiger partial charge is 0.164 e. The molecule has 0 spiro atoms. The van der Waals surface area contributed by atoms with Crippen molar-refractivity contribution in [1.29, 1.82) is 0 Å². The fourth-order valence-corrected chi connectivity index (χ4v) is 18.5. The fourth-order valence-electron chi connectivity index (χ4n) is 18.5. The summed E-state index contributed by atoms with van der Waals surface area (Å²) in [6, 6.07) is 147. The Labute approximate surface area is 706 Å². The average Bonchev–Trinajstić information content (AvgIpc) is 1.54. The van der Waals surface area contributed by atoms with Crippen LogP contribution in [0.3, 0.4) is 0 Å². The van der Waals surface area contributed by atoms with Crippen LogP contribution in [0.4, 0.5) is 0 Å². The molecule has 0 aliphatic heterocycles. The SMILES string of the molecule is c1ccc(-c2nc(-c3cccc(-c4nn5c(-c6ccccc6)cc6ccccc6c5c4-c4ccccc4)c3)nc(-c3cc4c5ccccc5n5c6ccccc6c(c3)c45)n2)cc1.c1ccc(-c2nc(-c3cccc(-c4nn5c(-c6ccccc6)cc6ccccc6c5c4-c4ccccc4)c3)nc(-c3ccc4c5ccccc5c5ccccc5c4c3)n2)cc1. The maximum Gasteiger partial charge on any atom is 0.164 e. The first-order chi connectivity index (χ1) is 61.0. The molecule has 8 heterocycles. The summed E-state index contributed by atoms with van der Waals surface area (Å²) in [5.41, 5.74) is 23.5. The van der Waals surface area contributed by atoms with E-state index in [0.29, 0.717) is 34.9 Å². The first-order valence-electron chi connectivity index (χ1n) is 41.5. The monoisotopic (exact) mass is 1570 g/mol. The van der Waals surface area contributed by atoms with Crippen LogP contribution < -0.4 is 0 Å². The molecule has 0 N–H and O–H groups in total. The van der Waals surface area contributed by atoms with Crippen molar-refractivity contribution in [2.24, 2.45) is 0 Å². The van der Waals surface area contributed by atoms with Gasteiger partial charge in [-0.1, -0.05) is 364 Å². The molecule has 25 aromatic rings. The zero-order valence-corrected chi connectivity index (χ0v) is 66.3. The van der Waals surface area contributed by atoms with Crippen molar-refractivity contribution >= 4 is 103 Å². The highest BCUT2D eigenvalue weighted by Gasteiger charge is 2.27. The van der Waals surface area contributed by atoms with Crippen molar-refractivity contribution in [1.82, 2.24) is 53.5 Å². The number of nitrogens with zero attached hydrogens (tertiary/aromatic N) is 11. The number of hydrogen-bond donors (Lipinski definition) is 0. The molecule has 0 unspecified atom stereocenters. The van der Waals surface area contributed by atoms with Crippen molar-refractivity contribution in [2.75, 3.05) is 0 Å². The summed E-state index contributed by atoms with van der Waals surface area (Å²) in [6.07, 6.45) is 0. The summed E-state index contributed by atoms with van der Waals surface area (Å²) < 4.78 is 6.66. The first kappa shape index (κ1) is 70.4. The minimum Gasteiger partial charge on any atom is -0.308 e. The van der Waals surface area contributed by atoms with E-state index in [2.05, 4.69) is 396 Å². The molecule has 8 aromatic heterocycles. The van der Waals surface area contributed by atoms with Gasteiger partial charge >= 0.3 is 0 Å². The topological polar surface area (TPSA) is 116 Å². The van der Waals surface area contributed by atoms with E-state index in [-0.39, 0.29) is 0 Å². The molecule has 0 atom stereocenters. The molecule has 0 bridgehead atoms. The maximum atomic E-state index is 5.50. The zero-order valence-electron chi connectivity index (χ0n) is 66.3. The maximum absolute atomic E-state index is 5.50. The summed E-state index contributed by atoms with van der Waals surface area (Å²) in [4.78, 5) is 31.3. The third-order valence-electron chi connectivity index (χ3n) is 24.1. The molecular formula is C112H69N11. The van der Waals surface area contributed by atoms with Crippen LogP contribution in [0.15, 0.2) is 419 Å². The van der Waals surface area contributed by atoms with E-state index < -0.39 is 0 Å². The Kier molecular flexibility index (Phi) is 16.7. The second kappa shape index (κ2) is 29.1. The number of para-hydroxylation sites is 2. The second-order valence-electron chi connectivity index (χ2n) is 31.3. The zero-order chi connectivity index (χ0) is 81.0. The predicted molar refractivity (Wildman–Crippen MR) is 505 cm³/mol. The molecule has 572 valence electrons. The third-order valence-corrected chi connectivity index (χ3v) is 24.1. The lowest BCUT2D eigenvalue weighted by atomic mass is 9.93. The van der Waals surface area contributed by atoms with Gasteiger partial charge in [-0.3, -0.25) is 0 Å². The minimum atomic E-state index is 0.592. The van der Waals surface area contributed by atoms with Gasteiger partial charge in [0.05, 0.1) is 39.0 Å². The predicted octanol–water partition coefficient (Wildman–Crippen LogP) is 28.0. The number of pyridine rings is 2. The highest BCUT2D eigenvalue weighted by atomic mass is 15.2. The van der Waals surface area contributed by atoms with Crippen molar-refractivity contribution < 1.29 is 0 Å². The number of aromatic nitrogens is 11. The molecule has 11 nitrogen and oxygen atoms in total. The number of benzene rings is 17.